The topological polar surface area (TPSA) is 70.9 Å². The van der Waals surface area contributed by atoms with E-state index in [1.807, 2.05) is 6.07 Å². The monoisotopic (exact) mass is 1080 g/mol. The van der Waals surface area contributed by atoms with Gasteiger partial charge < -0.3 is 9.15 Å². The number of benzene rings is 10. The van der Waals surface area contributed by atoms with E-state index in [1.54, 1.807) is 0 Å². The fourth-order valence-electron chi connectivity index (χ4n) is 12.6. The highest BCUT2D eigenvalue weighted by molar-refractivity contribution is 6.24. The molecule has 83 heavy (non-hydrogen) atoms. The second-order valence-electron chi connectivity index (χ2n) is 23.6. The minimum Gasteiger partial charge on any atom is -0.457 e. The Morgan fingerprint density at radius 2 is 0.904 bits per heavy atom. The summed E-state index contributed by atoms with van der Waals surface area (Å²) >= 11 is 0. The Balaban J connectivity index is 1.00. The van der Waals surface area contributed by atoms with Gasteiger partial charge in [-0.2, -0.15) is 0 Å². The first kappa shape index (κ1) is 51.5. The molecule has 0 radical (unpaired) electrons. The lowest BCUT2D eigenvalue weighted by molar-refractivity contribution is 0.483. The lowest BCUT2D eigenvalue weighted by atomic mass is 9.88. The van der Waals surface area contributed by atoms with E-state index in [4.69, 9.17) is 24.1 Å². The Bertz CT molecular complexity index is 4790. The minimum atomic E-state index is 0.183. The number of imidazole rings is 2. The first-order valence-electron chi connectivity index (χ1n) is 29.3. The third kappa shape index (κ3) is 8.85. The molecule has 7 heteroatoms. The number of nitrogens with zero attached hydrogens (tertiary/aromatic N) is 5. The summed E-state index contributed by atoms with van der Waals surface area (Å²) in [5.41, 5.74) is 21.2. The van der Waals surface area contributed by atoms with Crippen LogP contribution in [0.15, 0.2) is 211 Å². The molecule has 0 unspecified atom stereocenters. The summed E-state index contributed by atoms with van der Waals surface area (Å²) in [7, 11) is 0. The van der Waals surface area contributed by atoms with Crippen LogP contribution in [0.5, 0.6) is 11.5 Å². The molecule has 0 aliphatic carbocycles. The van der Waals surface area contributed by atoms with Gasteiger partial charge in [-0.15, -0.1) is 0 Å². The lowest BCUT2D eigenvalue weighted by Gasteiger charge is -2.24. The van der Waals surface area contributed by atoms with Crippen molar-refractivity contribution in [2.45, 2.75) is 86.0 Å². The molecule has 4 heterocycles. The molecule has 0 aliphatic rings. The van der Waals surface area contributed by atoms with Gasteiger partial charge in [-0.25, -0.2) is 9.97 Å². The van der Waals surface area contributed by atoms with Crippen molar-refractivity contribution >= 4 is 65.7 Å². The van der Waals surface area contributed by atoms with Crippen LogP contribution < -0.4 is 4.74 Å². The van der Waals surface area contributed by atoms with E-state index < -0.39 is 0 Å². The van der Waals surface area contributed by atoms with Gasteiger partial charge in [0.25, 0.3) is 0 Å². The highest BCUT2D eigenvalue weighted by Gasteiger charge is 2.29. The fraction of sp³-hybridized carbons (Fsp3) is 0.171. The molecule has 0 aliphatic heterocycles. The number of para-hydroxylation sites is 4. The lowest BCUT2D eigenvalue weighted by Crippen LogP contribution is -2.09. The van der Waals surface area contributed by atoms with Crippen molar-refractivity contribution in [3.8, 4) is 67.9 Å². The number of pyridine rings is 1. The summed E-state index contributed by atoms with van der Waals surface area (Å²) < 4.78 is 19.3. The summed E-state index contributed by atoms with van der Waals surface area (Å²) in [6.07, 6.45) is 0. The molecule has 4 aromatic heterocycles. The van der Waals surface area contributed by atoms with Crippen molar-refractivity contribution in [2.75, 3.05) is 0 Å². The molecule has 0 saturated heterocycles. The number of ether oxygens (including phenoxy) is 1. The molecule has 0 fully saturated rings. The van der Waals surface area contributed by atoms with Gasteiger partial charge in [0.2, 0.25) is 0 Å². The Morgan fingerprint density at radius 3 is 1.48 bits per heavy atom. The van der Waals surface area contributed by atoms with Crippen molar-refractivity contribution in [1.82, 2.24) is 24.1 Å². The molecule has 0 atom stereocenters. The van der Waals surface area contributed by atoms with Crippen molar-refractivity contribution < 1.29 is 9.15 Å². The fourth-order valence-corrected chi connectivity index (χ4v) is 12.6. The van der Waals surface area contributed by atoms with Gasteiger partial charge >= 0.3 is 0 Å². The second-order valence-corrected chi connectivity index (χ2v) is 23.6. The predicted molar refractivity (Wildman–Crippen MR) is 345 cm³/mol. The van der Waals surface area contributed by atoms with E-state index in [-0.39, 0.29) is 23.7 Å². The van der Waals surface area contributed by atoms with Crippen LogP contribution in [0.25, 0.3) is 122 Å². The minimum absolute atomic E-state index is 0.183. The van der Waals surface area contributed by atoms with Crippen molar-refractivity contribution in [3.05, 3.63) is 234 Å². The van der Waals surface area contributed by atoms with E-state index in [0.29, 0.717) is 11.5 Å². The maximum absolute atomic E-state index is 7.32. The largest absolute Gasteiger partial charge is 0.457 e. The first-order valence-corrected chi connectivity index (χ1v) is 29.3. The van der Waals surface area contributed by atoms with E-state index in [9.17, 15) is 0 Å². The summed E-state index contributed by atoms with van der Waals surface area (Å²) in [6.45, 7) is 20.4. The van der Waals surface area contributed by atoms with Crippen LogP contribution in [0.1, 0.15) is 107 Å². The zero-order valence-electron chi connectivity index (χ0n) is 48.5. The number of aromatic nitrogens is 5. The Hall–Kier alpha value is -9.59. The van der Waals surface area contributed by atoms with Gasteiger partial charge in [0.1, 0.15) is 34.3 Å². The molecular formula is C76H65N5O2. The predicted octanol–water partition coefficient (Wildman–Crippen LogP) is 21.2. The van der Waals surface area contributed by atoms with Crippen LogP contribution in [-0.2, 0) is 0 Å². The van der Waals surface area contributed by atoms with Gasteiger partial charge in [-0.1, -0.05) is 171 Å². The second kappa shape index (κ2) is 20.4. The number of furan rings is 1. The molecule has 14 aromatic rings. The van der Waals surface area contributed by atoms with Crippen LogP contribution in [0.2, 0.25) is 0 Å². The summed E-state index contributed by atoms with van der Waals surface area (Å²) in [5.74, 6) is 3.77. The maximum atomic E-state index is 7.32. The molecule has 406 valence electrons. The number of aryl methyl sites for hydroxylation is 1. The highest BCUT2D eigenvalue weighted by Crippen LogP contribution is 2.47. The SMILES string of the molecule is Cc1ccc2ccc3c(ccc4oc5c(-c6nc7ccccc7n6-c6c(C(C)C)cc(-c7ccccc7)cc6C(C)C)cc(Oc6cccc(-c7nc8ccccc8n7-c7c(C(C)C)cc(-c8ccccc8)cc7C(C)C)c6)cc5c43)c2n1. The molecule has 0 saturated carbocycles. The van der Waals surface area contributed by atoms with Gasteiger partial charge in [0.05, 0.1) is 44.5 Å². The van der Waals surface area contributed by atoms with Crippen molar-refractivity contribution in [2.24, 2.45) is 0 Å². The van der Waals surface area contributed by atoms with E-state index in [0.717, 1.165) is 99.8 Å². The average Bonchev–Trinajstić information content (AvgIpc) is 2.07. The molecule has 0 bridgehead atoms. The van der Waals surface area contributed by atoms with Gasteiger partial charge in [0, 0.05) is 32.8 Å². The third-order valence-corrected chi connectivity index (χ3v) is 16.7. The van der Waals surface area contributed by atoms with Gasteiger partial charge in [0.15, 0.2) is 0 Å². The molecule has 10 aromatic carbocycles. The quantitative estimate of drug-likeness (QED) is 0.114. The summed E-state index contributed by atoms with van der Waals surface area (Å²) in [5, 5.41) is 5.14. The normalized spacial score (nSPS) is 12.1. The van der Waals surface area contributed by atoms with Crippen LogP contribution in [-0.4, -0.2) is 24.1 Å². The molecule has 0 amide bonds. The molecule has 7 nitrogen and oxygen atoms in total. The molecule has 14 rings (SSSR count). The van der Waals surface area contributed by atoms with E-state index >= 15 is 0 Å². The number of rotatable bonds is 12. The zero-order valence-corrected chi connectivity index (χ0v) is 48.5. The summed E-state index contributed by atoms with van der Waals surface area (Å²) in [4.78, 5) is 16.2. The number of fused-ring (bicyclic) bond motifs is 9. The molecular weight excluding hydrogens is 1010 g/mol. The standard InChI is InChI=1S/C76H65N5O2/c1-44(2)59-38-53(49-21-12-10-13-22-49)39-60(45(3)4)72(59)80-67-29-18-16-27-65(67)78-75(80)52-25-20-26-55(37-52)82-56-42-63-70-57-34-33-51-32-31-48(9)77-71(51)58(57)35-36-69(70)83-74(63)64(43-56)76-79-66-28-17-19-30-68(66)81(76)73-61(46(5)6)40-54(41-62(73)47(7)8)50-23-14-11-15-24-50/h10-47H,1-9H3. The van der Waals surface area contributed by atoms with Crippen molar-refractivity contribution in [1.29, 1.82) is 0 Å². The summed E-state index contributed by atoms with van der Waals surface area (Å²) in [6, 6.07) is 73.6. The van der Waals surface area contributed by atoms with Crippen LogP contribution in [0, 0.1) is 6.92 Å². The van der Waals surface area contributed by atoms with Crippen LogP contribution >= 0.6 is 0 Å². The van der Waals surface area contributed by atoms with Crippen LogP contribution in [0.4, 0.5) is 0 Å². The number of hydrogen-bond acceptors (Lipinski definition) is 5. The average molecular weight is 1080 g/mol. The molecule has 0 spiro atoms. The number of hydrogen-bond donors (Lipinski definition) is 0. The smallest absolute Gasteiger partial charge is 0.149 e. The Morgan fingerprint density at radius 1 is 0.398 bits per heavy atom. The van der Waals surface area contributed by atoms with Crippen molar-refractivity contribution in [3.63, 3.8) is 0 Å². The zero-order chi connectivity index (χ0) is 56.8. The Labute approximate surface area is 484 Å². The van der Waals surface area contributed by atoms with Gasteiger partial charge in [-0.3, -0.25) is 14.1 Å². The van der Waals surface area contributed by atoms with Crippen LogP contribution in [0.3, 0.4) is 0 Å². The first-order chi connectivity index (χ1) is 40.4. The van der Waals surface area contributed by atoms with Gasteiger partial charge in [-0.05, 0) is 171 Å². The Kier molecular flexibility index (Phi) is 12.7. The highest BCUT2D eigenvalue weighted by atomic mass is 16.5. The third-order valence-electron chi connectivity index (χ3n) is 16.7. The van der Waals surface area contributed by atoms with E-state index in [1.165, 1.54) is 50.2 Å². The molecule has 0 N–H and O–H groups in total. The maximum Gasteiger partial charge on any atom is 0.149 e. The van der Waals surface area contributed by atoms with E-state index in [2.05, 4.69) is 272 Å².